The average Bonchev–Trinajstić information content (AvgIpc) is 3.52. The molecule has 0 aliphatic heterocycles. The van der Waals surface area contributed by atoms with Crippen LogP contribution in [0, 0.1) is 13.8 Å². The molecule has 5 aromatic rings. The highest BCUT2D eigenvalue weighted by Crippen LogP contribution is 2.40. The number of pyridine rings is 1. The van der Waals surface area contributed by atoms with Gasteiger partial charge < -0.3 is 19.6 Å². The summed E-state index contributed by atoms with van der Waals surface area (Å²) in [5.74, 6) is 0.229. The SMILES string of the molecule is CCn1cc(-n2ccnc2)c2c(-c3c(C)ccc(OCc4ccccc4)c3C)cc(C(N)=O)nc21. The third-order valence-corrected chi connectivity index (χ3v) is 6.31. The third kappa shape index (κ3) is 4.05. The van der Waals surface area contributed by atoms with E-state index >= 15 is 0 Å². The number of imidazole rings is 1. The summed E-state index contributed by atoms with van der Waals surface area (Å²) in [5.41, 5.74) is 12.6. The lowest BCUT2D eigenvalue weighted by molar-refractivity contribution is 0.0996. The number of ether oxygens (including phenoxy) is 1. The lowest BCUT2D eigenvalue weighted by atomic mass is 9.92. The molecule has 0 bridgehead atoms. The Bertz CT molecular complexity index is 1520. The molecule has 7 nitrogen and oxygen atoms in total. The molecule has 0 aliphatic carbocycles. The highest BCUT2D eigenvalue weighted by molar-refractivity contribution is 6.05. The summed E-state index contributed by atoms with van der Waals surface area (Å²) < 4.78 is 10.2. The fourth-order valence-corrected chi connectivity index (χ4v) is 4.56. The van der Waals surface area contributed by atoms with Gasteiger partial charge in [-0.2, -0.15) is 0 Å². The van der Waals surface area contributed by atoms with Crippen LogP contribution in [0.15, 0.2) is 73.4 Å². The molecular weight excluding hydrogens is 438 g/mol. The van der Waals surface area contributed by atoms with Gasteiger partial charge in [0, 0.05) is 25.1 Å². The topological polar surface area (TPSA) is 88.0 Å². The molecule has 0 saturated carbocycles. The van der Waals surface area contributed by atoms with E-state index in [1.807, 2.05) is 77.8 Å². The Morgan fingerprint density at radius 1 is 1.11 bits per heavy atom. The van der Waals surface area contributed by atoms with Crippen LogP contribution in [0.25, 0.3) is 27.8 Å². The van der Waals surface area contributed by atoms with Crippen molar-refractivity contribution in [2.24, 2.45) is 5.73 Å². The number of benzene rings is 2. The first kappa shape index (κ1) is 22.4. The average molecular weight is 466 g/mol. The van der Waals surface area contributed by atoms with E-state index in [1.165, 1.54) is 0 Å². The van der Waals surface area contributed by atoms with Gasteiger partial charge in [-0.3, -0.25) is 4.79 Å². The summed E-state index contributed by atoms with van der Waals surface area (Å²) in [5, 5.41) is 0.932. The molecule has 0 spiro atoms. The Morgan fingerprint density at radius 2 is 1.91 bits per heavy atom. The van der Waals surface area contributed by atoms with Crippen molar-refractivity contribution in [3.05, 3.63) is 95.8 Å². The zero-order valence-corrected chi connectivity index (χ0v) is 20.0. The highest BCUT2D eigenvalue weighted by Gasteiger charge is 2.22. The molecule has 2 aromatic carbocycles. The number of aromatic nitrogens is 4. The van der Waals surface area contributed by atoms with Gasteiger partial charge in [0.25, 0.3) is 5.91 Å². The second-order valence-electron chi connectivity index (χ2n) is 8.54. The largest absolute Gasteiger partial charge is 0.489 e. The number of nitrogens with two attached hydrogens (primary N) is 1. The summed E-state index contributed by atoms with van der Waals surface area (Å²) in [6.07, 6.45) is 7.45. The molecule has 0 aliphatic rings. The first-order chi connectivity index (χ1) is 17.0. The van der Waals surface area contributed by atoms with Crippen LogP contribution in [-0.4, -0.2) is 25.0 Å². The number of hydrogen-bond acceptors (Lipinski definition) is 4. The summed E-state index contributed by atoms with van der Waals surface area (Å²) in [6.45, 7) is 7.32. The first-order valence-corrected chi connectivity index (χ1v) is 11.6. The smallest absolute Gasteiger partial charge is 0.267 e. The van der Waals surface area contributed by atoms with Crippen molar-refractivity contribution in [3.63, 3.8) is 0 Å². The molecule has 3 heterocycles. The maximum absolute atomic E-state index is 12.3. The number of hydrogen-bond donors (Lipinski definition) is 1. The summed E-state index contributed by atoms with van der Waals surface area (Å²) >= 11 is 0. The van der Waals surface area contributed by atoms with Crippen LogP contribution in [0.4, 0.5) is 0 Å². The van der Waals surface area contributed by atoms with Gasteiger partial charge in [0.2, 0.25) is 0 Å². The van der Waals surface area contributed by atoms with Gasteiger partial charge in [-0.15, -0.1) is 0 Å². The number of amides is 1. The monoisotopic (exact) mass is 465 g/mol. The molecule has 0 radical (unpaired) electrons. The maximum Gasteiger partial charge on any atom is 0.267 e. The van der Waals surface area contributed by atoms with E-state index in [1.54, 1.807) is 18.6 Å². The Kier molecular flexibility index (Phi) is 5.82. The lowest BCUT2D eigenvalue weighted by Gasteiger charge is -2.18. The second kappa shape index (κ2) is 9.10. The molecule has 176 valence electrons. The van der Waals surface area contributed by atoms with Crippen LogP contribution in [0.1, 0.15) is 34.1 Å². The lowest BCUT2D eigenvalue weighted by Crippen LogP contribution is -2.14. The van der Waals surface area contributed by atoms with Gasteiger partial charge in [0.1, 0.15) is 23.7 Å². The Labute approximate surface area is 203 Å². The van der Waals surface area contributed by atoms with Crippen LogP contribution in [0.3, 0.4) is 0 Å². The maximum atomic E-state index is 12.3. The predicted molar refractivity (Wildman–Crippen MR) is 137 cm³/mol. The normalized spacial score (nSPS) is 11.2. The van der Waals surface area contributed by atoms with Crippen molar-refractivity contribution in [2.75, 3.05) is 0 Å². The molecular formula is C28H27N5O2. The number of primary amides is 1. The van der Waals surface area contributed by atoms with Gasteiger partial charge >= 0.3 is 0 Å². The zero-order chi connectivity index (χ0) is 24.5. The number of aryl methyl sites for hydroxylation is 2. The van der Waals surface area contributed by atoms with E-state index in [0.29, 0.717) is 18.8 Å². The van der Waals surface area contributed by atoms with Crippen LogP contribution in [0.2, 0.25) is 0 Å². The molecule has 0 saturated heterocycles. The molecule has 0 atom stereocenters. The summed E-state index contributed by atoms with van der Waals surface area (Å²) in [7, 11) is 0. The van der Waals surface area contributed by atoms with E-state index in [9.17, 15) is 4.79 Å². The fraction of sp³-hybridized carbons (Fsp3) is 0.179. The van der Waals surface area contributed by atoms with Crippen LogP contribution in [0.5, 0.6) is 5.75 Å². The molecule has 2 N–H and O–H groups in total. The number of rotatable bonds is 7. The van der Waals surface area contributed by atoms with E-state index in [0.717, 1.165) is 44.6 Å². The van der Waals surface area contributed by atoms with Crippen molar-refractivity contribution in [1.29, 1.82) is 0 Å². The van der Waals surface area contributed by atoms with Crippen molar-refractivity contribution in [1.82, 2.24) is 19.1 Å². The van der Waals surface area contributed by atoms with E-state index in [4.69, 9.17) is 10.5 Å². The molecule has 0 unspecified atom stereocenters. The van der Waals surface area contributed by atoms with Crippen LogP contribution < -0.4 is 10.5 Å². The quantitative estimate of drug-likeness (QED) is 0.358. The minimum Gasteiger partial charge on any atom is -0.489 e. The number of fused-ring (bicyclic) bond motifs is 1. The molecule has 3 aromatic heterocycles. The number of nitrogens with zero attached hydrogens (tertiary/aromatic N) is 4. The van der Waals surface area contributed by atoms with E-state index in [-0.39, 0.29) is 5.69 Å². The van der Waals surface area contributed by atoms with Gasteiger partial charge in [-0.1, -0.05) is 36.4 Å². The summed E-state index contributed by atoms with van der Waals surface area (Å²) in [6, 6.07) is 15.9. The third-order valence-electron chi connectivity index (χ3n) is 6.31. The number of carbonyl (C=O) groups excluding carboxylic acids is 1. The van der Waals surface area contributed by atoms with Crippen LogP contribution >= 0.6 is 0 Å². The minimum atomic E-state index is -0.562. The summed E-state index contributed by atoms with van der Waals surface area (Å²) in [4.78, 5) is 21.1. The van der Waals surface area contributed by atoms with Gasteiger partial charge in [0.05, 0.1) is 17.4 Å². The van der Waals surface area contributed by atoms with Crippen LogP contribution in [-0.2, 0) is 13.2 Å². The second-order valence-corrected chi connectivity index (χ2v) is 8.54. The molecule has 7 heteroatoms. The van der Waals surface area contributed by atoms with Gasteiger partial charge in [0.15, 0.2) is 0 Å². The molecule has 0 fully saturated rings. The zero-order valence-electron chi connectivity index (χ0n) is 20.0. The highest BCUT2D eigenvalue weighted by atomic mass is 16.5. The Balaban J connectivity index is 1.74. The number of carbonyl (C=O) groups is 1. The van der Waals surface area contributed by atoms with Crippen molar-refractivity contribution < 1.29 is 9.53 Å². The van der Waals surface area contributed by atoms with E-state index < -0.39 is 5.91 Å². The van der Waals surface area contributed by atoms with Crippen molar-refractivity contribution in [3.8, 4) is 22.6 Å². The minimum absolute atomic E-state index is 0.229. The predicted octanol–water partition coefficient (Wildman–Crippen LogP) is 5.20. The molecule has 5 rings (SSSR count). The van der Waals surface area contributed by atoms with Gasteiger partial charge in [-0.05, 0) is 60.7 Å². The van der Waals surface area contributed by atoms with Crippen molar-refractivity contribution in [2.45, 2.75) is 33.9 Å². The Hall–Kier alpha value is -4.39. The molecule has 35 heavy (non-hydrogen) atoms. The Morgan fingerprint density at radius 3 is 2.60 bits per heavy atom. The first-order valence-electron chi connectivity index (χ1n) is 11.6. The van der Waals surface area contributed by atoms with Gasteiger partial charge in [-0.25, -0.2) is 9.97 Å². The fourth-order valence-electron chi connectivity index (χ4n) is 4.56. The van der Waals surface area contributed by atoms with Crippen molar-refractivity contribution >= 4 is 16.9 Å². The van der Waals surface area contributed by atoms with E-state index in [2.05, 4.69) is 16.9 Å². The standard InChI is InChI=1S/C28H27N5O2/c1-4-32-15-23(33-13-12-30-17-33)26-21(14-22(27(29)34)31-28(26)32)25-18(2)10-11-24(19(25)3)35-16-20-8-6-5-7-9-20/h5-15,17H,4,16H2,1-3H3,(H2,29,34). The molecule has 1 amide bonds.